The Kier molecular flexibility index (Phi) is 3.77. The second-order valence-electron chi connectivity index (χ2n) is 5.20. The summed E-state index contributed by atoms with van der Waals surface area (Å²) in [5.41, 5.74) is 1.35. The maximum atomic E-state index is 5.30. The summed E-state index contributed by atoms with van der Waals surface area (Å²) in [6.45, 7) is 7.58. The van der Waals surface area contributed by atoms with Crippen molar-refractivity contribution in [1.82, 2.24) is 4.90 Å². The smallest absolute Gasteiger partial charge is 0.0645 e. The van der Waals surface area contributed by atoms with Gasteiger partial charge in [-0.25, -0.2) is 0 Å². The van der Waals surface area contributed by atoms with Crippen LogP contribution in [0.1, 0.15) is 6.92 Å². The first-order chi connectivity index (χ1) is 8.74. The third-order valence-corrected chi connectivity index (χ3v) is 4.68. The Morgan fingerprint density at radius 3 is 2.44 bits per heavy atom. The lowest BCUT2D eigenvalue weighted by molar-refractivity contribution is -0.0792. The van der Waals surface area contributed by atoms with Crippen LogP contribution in [0.5, 0.6) is 0 Å². The number of benzene rings is 1. The number of anilines is 1. The zero-order chi connectivity index (χ0) is 12.5. The van der Waals surface area contributed by atoms with Gasteiger partial charge in [-0.2, -0.15) is 0 Å². The van der Waals surface area contributed by atoms with Gasteiger partial charge in [0.25, 0.3) is 0 Å². The van der Waals surface area contributed by atoms with Crippen molar-refractivity contribution in [2.24, 2.45) is 0 Å². The number of piperazine rings is 1. The average molecular weight is 358 g/mol. The van der Waals surface area contributed by atoms with E-state index in [4.69, 9.17) is 4.74 Å². The van der Waals surface area contributed by atoms with E-state index in [0.29, 0.717) is 12.1 Å². The van der Waals surface area contributed by atoms with Crippen molar-refractivity contribution < 1.29 is 4.74 Å². The van der Waals surface area contributed by atoms with Crippen LogP contribution in [0.15, 0.2) is 24.3 Å². The summed E-state index contributed by atoms with van der Waals surface area (Å²) >= 11 is 2.36. The number of rotatable bonds is 2. The van der Waals surface area contributed by atoms with Crippen LogP contribution in [0, 0.1) is 3.57 Å². The van der Waals surface area contributed by atoms with E-state index in [1.54, 1.807) is 0 Å². The van der Waals surface area contributed by atoms with Gasteiger partial charge in [0.2, 0.25) is 0 Å². The Morgan fingerprint density at radius 2 is 1.89 bits per heavy atom. The minimum atomic E-state index is 0.618. The molecule has 3 nitrogen and oxygen atoms in total. The molecule has 0 saturated carbocycles. The molecular formula is C14H19IN2O. The van der Waals surface area contributed by atoms with E-state index in [-0.39, 0.29) is 0 Å². The van der Waals surface area contributed by atoms with Crippen molar-refractivity contribution in [3.05, 3.63) is 27.8 Å². The Hall–Kier alpha value is -0.330. The van der Waals surface area contributed by atoms with Crippen LogP contribution < -0.4 is 4.90 Å². The third-order valence-electron chi connectivity index (χ3n) is 3.96. The standard InChI is InChI=1S/C14H19IN2O/c1-11-8-16(13-4-2-12(15)3-5-13)6-7-17(11)14-9-18-10-14/h2-5,11,14H,6-10H2,1H3/t11-/m1/s1. The molecular weight excluding hydrogens is 339 g/mol. The summed E-state index contributed by atoms with van der Waals surface area (Å²) in [5.74, 6) is 0. The first kappa shape index (κ1) is 12.7. The summed E-state index contributed by atoms with van der Waals surface area (Å²) in [5, 5.41) is 0. The maximum Gasteiger partial charge on any atom is 0.0645 e. The summed E-state index contributed by atoms with van der Waals surface area (Å²) in [7, 11) is 0. The molecule has 0 unspecified atom stereocenters. The van der Waals surface area contributed by atoms with Crippen molar-refractivity contribution in [2.45, 2.75) is 19.0 Å². The third kappa shape index (κ3) is 2.51. The summed E-state index contributed by atoms with van der Waals surface area (Å²) in [6.07, 6.45) is 0. The maximum absolute atomic E-state index is 5.30. The van der Waals surface area contributed by atoms with E-state index in [2.05, 4.69) is 63.6 Å². The van der Waals surface area contributed by atoms with Gasteiger partial charge in [-0.3, -0.25) is 4.90 Å². The molecule has 2 aliphatic heterocycles. The van der Waals surface area contributed by atoms with Gasteiger partial charge < -0.3 is 9.64 Å². The molecule has 0 spiro atoms. The highest BCUT2D eigenvalue weighted by Gasteiger charge is 2.33. The average Bonchev–Trinajstić information content (AvgIpc) is 2.30. The normalized spacial score (nSPS) is 26.1. The van der Waals surface area contributed by atoms with Gasteiger partial charge in [0.1, 0.15) is 0 Å². The van der Waals surface area contributed by atoms with Gasteiger partial charge in [-0.1, -0.05) is 0 Å². The predicted molar refractivity (Wildman–Crippen MR) is 82.1 cm³/mol. The van der Waals surface area contributed by atoms with Crippen molar-refractivity contribution in [1.29, 1.82) is 0 Å². The topological polar surface area (TPSA) is 15.7 Å². The molecule has 98 valence electrons. The molecule has 0 aliphatic carbocycles. The summed E-state index contributed by atoms with van der Waals surface area (Å²) in [4.78, 5) is 5.10. The van der Waals surface area contributed by atoms with E-state index < -0.39 is 0 Å². The lowest BCUT2D eigenvalue weighted by Gasteiger charge is -2.47. The van der Waals surface area contributed by atoms with Crippen LogP contribution in [-0.4, -0.2) is 49.8 Å². The van der Waals surface area contributed by atoms with Gasteiger partial charge in [-0.15, -0.1) is 0 Å². The van der Waals surface area contributed by atoms with Crippen molar-refractivity contribution in [3.8, 4) is 0 Å². The molecule has 0 bridgehead atoms. The zero-order valence-electron chi connectivity index (χ0n) is 10.7. The monoisotopic (exact) mass is 358 g/mol. The Balaban J connectivity index is 1.65. The number of nitrogens with zero attached hydrogens (tertiary/aromatic N) is 2. The zero-order valence-corrected chi connectivity index (χ0v) is 12.8. The molecule has 1 aromatic carbocycles. The summed E-state index contributed by atoms with van der Waals surface area (Å²) in [6, 6.07) is 10.1. The number of halogens is 1. The van der Waals surface area contributed by atoms with E-state index in [1.165, 1.54) is 9.26 Å². The fourth-order valence-corrected chi connectivity index (χ4v) is 3.17. The van der Waals surface area contributed by atoms with Gasteiger partial charge in [-0.05, 0) is 53.8 Å². The van der Waals surface area contributed by atoms with E-state index >= 15 is 0 Å². The highest BCUT2D eigenvalue weighted by molar-refractivity contribution is 14.1. The molecule has 0 amide bonds. The molecule has 4 heteroatoms. The highest BCUT2D eigenvalue weighted by Crippen LogP contribution is 2.23. The van der Waals surface area contributed by atoms with Gasteiger partial charge in [0.15, 0.2) is 0 Å². The fourth-order valence-electron chi connectivity index (χ4n) is 2.82. The minimum absolute atomic E-state index is 0.618. The van der Waals surface area contributed by atoms with E-state index in [1.807, 2.05) is 0 Å². The lowest BCUT2D eigenvalue weighted by atomic mass is 10.1. The second kappa shape index (κ2) is 5.35. The molecule has 0 N–H and O–H groups in total. The van der Waals surface area contributed by atoms with Crippen LogP contribution in [-0.2, 0) is 4.74 Å². The van der Waals surface area contributed by atoms with Crippen LogP contribution in [0.25, 0.3) is 0 Å². The second-order valence-corrected chi connectivity index (χ2v) is 6.45. The SMILES string of the molecule is C[C@@H]1CN(c2ccc(I)cc2)CCN1C1COC1. The van der Waals surface area contributed by atoms with Crippen molar-refractivity contribution >= 4 is 28.3 Å². The molecule has 1 atom stereocenters. The molecule has 0 aromatic heterocycles. The Morgan fingerprint density at radius 1 is 1.17 bits per heavy atom. The molecule has 2 heterocycles. The Bertz CT molecular complexity index is 405. The van der Waals surface area contributed by atoms with Crippen LogP contribution in [0.3, 0.4) is 0 Å². The fraction of sp³-hybridized carbons (Fsp3) is 0.571. The minimum Gasteiger partial charge on any atom is -0.378 e. The van der Waals surface area contributed by atoms with Gasteiger partial charge >= 0.3 is 0 Å². The molecule has 2 fully saturated rings. The van der Waals surface area contributed by atoms with Gasteiger partial charge in [0, 0.05) is 34.9 Å². The van der Waals surface area contributed by atoms with E-state index in [9.17, 15) is 0 Å². The molecule has 0 radical (unpaired) electrons. The molecule has 2 saturated heterocycles. The largest absolute Gasteiger partial charge is 0.378 e. The molecule has 3 rings (SSSR count). The number of hydrogen-bond donors (Lipinski definition) is 0. The van der Waals surface area contributed by atoms with Crippen molar-refractivity contribution in [2.75, 3.05) is 37.7 Å². The lowest BCUT2D eigenvalue weighted by Crippen LogP contribution is -2.60. The first-order valence-electron chi connectivity index (χ1n) is 6.58. The number of hydrogen-bond acceptors (Lipinski definition) is 3. The number of ether oxygens (including phenoxy) is 1. The quantitative estimate of drug-likeness (QED) is 0.754. The first-order valence-corrected chi connectivity index (χ1v) is 7.66. The van der Waals surface area contributed by atoms with Gasteiger partial charge in [0.05, 0.1) is 19.3 Å². The Labute approximate surface area is 122 Å². The van der Waals surface area contributed by atoms with E-state index in [0.717, 1.165) is 32.8 Å². The molecule has 1 aromatic rings. The van der Waals surface area contributed by atoms with Crippen LogP contribution in [0.2, 0.25) is 0 Å². The highest BCUT2D eigenvalue weighted by atomic mass is 127. The van der Waals surface area contributed by atoms with Crippen molar-refractivity contribution in [3.63, 3.8) is 0 Å². The van der Waals surface area contributed by atoms with Crippen LogP contribution in [0.4, 0.5) is 5.69 Å². The van der Waals surface area contributed by atoms with Crippen LogP contribution >= 0.6 is 22.6 Å². The predicted octanol–water partition coefficient (Wildman–Crippen LogP) is 2.20. The molecule has 2 aliphatic rings. The summed E-state index contributed by atoms with van der Waals surface area (Å²) < 4.78 is 6.61. The molecule has 18 heavy (non-hydrogen) atoms.